The Morgan fingerprint density at radius 2 is 2.29 bits per heavy atom. The molecule has 0 aromatic rings. The molecule has 14 heavy (non-hydrogen) atoms. The number of ether oxygens (including phenoxy) is 1. The summed E-state index contributed by atoms with van der Waals surface area (Å²) in [7, 11) is 1.92. The van der Waals surface area contributed by atoms with Gasteiger partial charge in [0.2, 0.25) is 0 Å². The summed E-state index contributed by atoms with van der Waals surface area (Å²) in [4.78, 5) is 2.00. The van der Waals surface area contributed by atoms with Crippen LogP contribution < -0.4 is 0 Å². The molecular weight excluding hydrogens is 202 g/mol. The minimum Gasteiger partial charge on any atom is -0.390 e. The first-order chi connectivity index (χ1) is 6.40. The highest BCUT2D eigenvalue weighted by Gasteiger charge is 2.42. The highest BCUT2D eigenvalue weighted by molar-refractivity contribution is 6.22. The van der Waals surface area contributed by atoms with Gasteiger partial charge in [-0.2, -0.15) is 0 Å². The molecule has 1 aliphatic rings. The lowest BCUT2D eigenvalue weighted by Crippen LogP contribution is -2.48. The van der Waals surface area contributed by atoms with Gasteiger partial charge >= 0.3 is 0 Å². The molecule has 0 aliphatic carbocycles. The first-order valence-electron chi connectivity index (χ1n) is 4.71. The summed E-state index contributed by atoms with van der Waals surface area (Å²) in [6, 6.07) is -0.0644. The zero-order valence-corrected chi connectivity index (χ0v) is 9.66. The maximum Gasteiger partial charge on any atom is 0.116 e. The first-order valence-corrected chi connectivity index (χ1v) is 5.15. The van der Waals surface area contributed by atoms with E-state index in [4.69, 9.17) is 16.3 Å². The van der Waals surface area contributed by atoms with Gasteiger partial charge in [0.15, 0.2) is 0 Å². The highest BCUT2D eigenvalue weighted by atomic mass is 35.5. The van der Waals surface area contributed by atoms with Gasteiger partial charge in [-0.1, -0.05) is 6.08 Å². The van der Waals surface area contributed by atoms with Crippen molar-refractivity contribution in [2.75, 3.05) is 13.7 Å². The summed E-state index contributed by atoms with van der Waals surface area (Å²) in [6.07, 6.45) is 0.909. The molecular formula is C10H18ClNO2. The Morgan fingerprint density at radius 1 is 1.71 bits per heavy atom. The van der Waals surface area contributed by atoms with Crippen molar-refractivity contribution < 1.29 is 9.84 Å². The molecule has 4 heteroatoms. The molecule has 1 aliphatic heterocycles. The van der Waals surface area contributed by atoms with Gasteiger partial charge in [-0.15, -0.1) is 18.2 Å². The monoisotopic (exact) mass is 219 g/mol. The average Bonchev–Trinajstić information content (AvgIpc) is 2.40. The predicted octanol–water partition coefficient (Wildman–Crippen LogP) is 1.21. The lowest BCUT2D eigenvalue weighted by atomic mass is 10.1. The van der Waals surface area contributed by atoms with Gasteiger partial charge in [0.25, 0.3) is 0 Å². The number of halogens is 1. The van der Waals surface area contributed by atoms with Gasteiger partial charge in [-0.3, -0.25) is 4.90 Å². The van der Waals surface area contributed by atoms with E-state index >= 15 is 0 Å². The molecule has 1 saturated heterocycles. The van der Waals surface area contributed by atoms with E-state index in [1.807, 2.05) is 25.8 Å². The SMILES string of the molecule is C=C[C@H](Cl)[C@@H](O)[C@@H]1COC(C)(C)N1C. The van der Waals surface area contributed by atoms with Crippen molar-refractivity contribution in [3.05, 3.63) is 12.7 Å². The van der Waals surface area contributed by atoms with Crippen LogP contribution in [-0.4, -0.2) is 46.9 Å². The van der Waals surface area contributed by atoms with Crippen LogP contribution in [-0.2, 0) is 4.74 Å². The van der Waals surface area contributed by atoms with E-state index in [9.17, 15) is 5.11 Å². The Morgan fingerprint density at radius 3 is 2.64 bits per heavy atom. The average molecular weight is 220 g/mol. The maximum absolute atomic E-state index is 9.90. The zero-order chi connectivity index (χ0) is 10.9. The number of nitrogens with zero attached hydrogens (tertiary/aromatic N) is 1. The fourth-order valence-electron chi connectivity index (χ4n) is 1.58. The van der Waals surface area contributed by atoms with E-state index in [0.29, 0.717) is 6.61 Å². The standard InChI is InChI=1S/C10H18ClNO2/c1-5-7(11)9(13)8-6-14-10(2,3)12(8)4/h5,7-9,13H,1,6H2,2-4H3/t7-,8-,9+/m0/s1. The van der Waals surface area contributed by atoms with Crippen LogP contribution in [0.15, 0.2) is 12.7 Å². The van der Waals surface area contributed by atoms with E-state index in [1.54, 1.807) is 6.08 Å². The Hall–Kier alpha value is -0.0900. The quantitative estimate of drug-likeness (QED) is 0.572. The highest BCUT2D eigenvalue weighted by Crippen LogP contribution is 2.28. The van der Waals surface area contributed by atoms with Crippen molar-refractivity contribution in [3.63, 3.8) is 0 Å². The number of rotatable bonds is 3. The second-order valence-corrected chi connectivity index (χ2v) is 4.61. The van der Waals surface area contributed by atoms with Crippen LogP contribution in [0.2, 0.25) is 0 Å². The topological polar surface area (TPSA) is 32.7 Å². The van der Waals surface area contributed by atoms with Gasteiger partial charge in [0.1, 0.15) is 5.72 Å². The number of aliphatic hydroxyl groups is 1. The number of alkyl halides is 1. The molecule has 82 valence electrons. The summed E-state index contributed by atoms with van der Waals surface area (Å²) in [5.41, 5.74) is -0.330. The van der Waals surface area contributed by atoms with Crippen molar-refractivity contribution in [3.8, 4) is 0 Å². The van der Waals surface area contributed by atoms with Crippen LogP contribution in [0, 0.1) is 0 Å². The van der Waals surface area contributed by atoms with Crippen LogP contribution in [0.5, 0.6) is 0 Å². The summed E-state index contributed by atoms with van der Waals surface area (Å²) in [5.74, 6) is 0. The van der Waals surface area contributed by atoms with Crippen molar-refractivity contribution in [1.82, 2.24) is 4.90 Å². The van der Waals surface area contributed by atoms with Crippen molar-refractivity contribution in [1.29, 1.82) is 0 Å². The minimum atomic E-state index is -0.638. The van der Waals surface area contributed by atoms with E-state index in [2.05, 4.69) is 6.58 Å². The Kier molecular flexibility index (Phi) is 3.58. The van der Waals surface area contributed by atoms with Gasteiger partial charge in [0.05, 0.1) is 24.1 Å². The Bertz CT molecular complexity index is 220. The molecule has 0 aromatic carbocycles. The lowest BCUT2D eigenvalue weighted by molar-refractivity contribution is -0.0457. The third-order valence-corrected chi connectivity index (χ3v) is 3.34. The molecule has 0 aromatic heterocycles. The lowest BCUT2D eigenvalue weighted by Gasteiger charge is -2.32. The number of likely N-dealkylation sites (N-methyl/N-ethyl adjacent to an activating group) is 1. The third kappa shape index (κ3) is 2.11. The van der Waals surface area contributed by atoms with Crippen molar-refractivity contribution in [2.45, 2.75) is 37.1 Å². The van der Waals surface area contributed by atoms with Crippen LogP contribution in [0.3, 0.4) is 0 Å². The summed E-state index contributed by atoms with van der Waals surface area (Å²) in [5, 5.41) is 9.46. The molecule has 0 radical (unpaired) electrons. The molecule has 1 rings (SSSR count). The molecule has 0 amide bonds. The van der Waals surface area contributed by atoms with E-state index in [0.717, 1.165) is 0 Å². The predicted molar refractivity (Wildman–Crippen MR) is 57.4 cm³/mol. The summed E-state index contributed by atoms with van der Waals surface area (Å²) < 4.78 is 5.55. The van der Waals surface area contributed by atoms with Crippen molar-refractivity contribution in [2.24, 2.45) is 0 Å². The number of hydrogen-bond donors (Lipinski definition) is 1. The first kappa shape index (κ1) is 12.0. The smallest absolute Gasteiger partial charge is 0.116 e. The number of hydrogen-bond acceptors (Lipinski definition) is 3. The summed E-state index contributed by atoms with van der Waals surface area (Å²) in [6.45, 7) is 8.00. The second-order valence-electron chi connectivity index (χ2n) is 4.11. The third-order valence-electron chi connectivity index (χ3n) is 2.90. The second kappa shape index (κ2) is 4.19. The van der Waals surface area contributed by atoms with Gasteiger partial charge in [-0.25, -0.2) is 0 Å². The van der Waals surface area contributed by atoms with Gasteiger partial charge in [-0.05, 0) is 20.9 Å². The molecule has 1 heterocycles. The summed E-state index contributed by atoms with van der Waals surface area (Å²) >= 11 is 5.90. The molecule has 0 unspecified atom stereocenters. The number of aliphatic hydroxyl groups excluding tert-OH is 1. The van der Waals surface area contributed by atoms with Gasteiger partial charge < -0.3 is 9.84 Å². The van der Waals surface area contributed by atoms with Crippen molar-refractivity contribution >= 4 is 11.6 Å². The molecule has 1 N–H and O–H groups in total. The minimum absolute atomic E-state index is 0.0644. The van der Waals surface area contributed by atoms with Crippen LogP contribution in [0.4, 0.5) is 0 Å². The molecule has 1 fully saturated rings. The molecule has 0 spiro atoms. The fourth-order valence-corrected chi connectivity index (χ4v) is 1.75. The Labute approximate surface area is 90.3 Å². The van der Waals surface area contributed by atoms with Crippen LogP contribution in [0.25, 0.3) is 0 Å². The Balaban J connectivity index is 2.67. The fraction of sp³-hybridized carbons (Fsp3) is 0.800. The van der Waals surface area contributed by atoms with E-state index < -0.39 is 11.5 Å². The van der Waals surface area contributed by atoms with Crippen LogP contribution in [0.1, 0.15) is 13.8 Å². The molecule has 0 saturated carbocycles. The van der Waals surface area contributed by atoms with E-state index in [-0.39, 0.29) is 11.8 Å². The van der Waals surface area contributed by atoms with E-state index in [1.165, 1.54) is 0 Å². The normalized spacial score (nSPS) is 31.4. The van der Waals surface area contributed by atoms with Gasteiger partial charge in [0, 0.05) is 0 Å². The molecule has 0 bridgehead atoms. The zero-order valence-electron chi connectivity index (χ0n) is 8.90. The largest absolute Gasteiger partial charge is 0.390 e. The molecule has 3 nitrogen and oxygen atoms in total. The maximum atomic E-state index is 9.90. The molecule has 3 atom stereocenters. The van der Waals surface area contributed by atoms with Crippen LogP contribution >= 0.6 is 11.6 Å².